The van der Waals surface area contributed by atoms with Gasteiger partial charge in [0.1, 0.15) is 6.04 Å². The largest absolute Gasteiger partial charge is 0.480 e. The summed E-state index contributed by atoms with van der Waals surface area (Å²) in [4.78, 5) is 22.0. The minimum absolute atomic E-state index is 0. The quantitative estimate of drug-likeness (QED) is 0.500. The summed E-state index contributed by atoms with van der Waals surface area (Å²) < 4.78 is 0. The normalized spacial score (nSPS) is 18.9. The van der Waals surface area contributed by atoms with E-state index in [4.69, 9.17) is 10.8 Å². The Hall–Kier alpha value is -0.560. The van der Waals surface area contributed by atoms with Crippen LogP contribution in [-0.4, -0.2) is 42.7 Å². The van der Waals surface area contributed by atoms with Crippen molar-refractivity contribution in [1.82, 2.24) is 10.6 Å². The van der Waals surface area contributed by atoms with Gasteiger partial charge in [-0.2, -0.15) is 0 Å². The molecule has 2 atom stereocenters. The van der Waals surface area contributed by atoms with Gasteiger partial charge in [-0.15, -0.1) is 24.8 Å². The second kappa shape index (κ2) is 11.3. The van der Waals surface area contributed by atoms with Crippen LogP contribution in [-0.2, 0) is 9.59 Å². The zero-order valence-electron chi connectivity index (χ0n) is 10.8. The van der Waals surface area contributed by atoms with Gasteiger partial charge in [0.25, 0.3) is 0 Å². The number of carbonyl (C=O) groups excluding carboxylic acids is 1. The Labute approximate surface area is 125 Å². The Balaban J connectivity index is 0. The van der Waals surface area contributed by atoms with Crippen molar-refractivity contribution in [3.8, 4) is 0 Å². The lowest BCUT2D eigenvalue weighted by Crippen LogP contribution is -2.33. The van der Waals surface area contributed by atoms with Gasteiger partial charge >= 0.3 is 5.97 Å². The third-order valence-electron chi connectivity index (χ3n) is 2.99. The third-order valence-corrected chi connectivity index (χ3v) is 2.99. The first kappa shape index (κ1) is 20.8. The number of hydrogen-bond acceptors (Lipinski definition) is 4. The summed E-state index contributed by atoms with van der Waals surface area (Å²) >= 11 is 0. The Morgan fingerprint density at radius 1 is 1.37 bits per heavy atom. The van der Waals surface area contributed by atoms with Crippen molar-refractivity contribution < 1.29 is 14.7 Å². The highest BCUT2D eigenvalue weighted by Crippen LogP contribution is 2.07. The Bertz CT molecular complexity index is 274. The molecule has 114 valence electrons. The molecule has 0 aromatic carbocycles. The summed E-state index contributed by atoms with van der Waals surface area (Å²) in [5.41, 5.74) is 5.36. The third kappa shape index (κ3) is 8.26. The number of aliphatic carboxylic acids is 1. The molecule has 0 unspecified atom stereocenters. The van der Waals surface area contributed by atoms with E-state index >= 15 is 0 Å². The molecule has 8 heteroatoms. The fourth-order valence-electron chi connectivity index (χ4n) is 1.85. The van der Waals surface area contributed by atoms with Crippen LogP contribution >= 0.6 is 24.8 Å². The molecule has 0 radical (unpaired) electrons. The predicted molar refractivity (Wildman–Crippen MR) is 77.9 cm³/mol. The van der Waals surface area contributed by atoms with Crippen LogP contribution in [0.4, 0.5) is 0 Å². The summed E-state index contributed by atoms with van der Waals surface area (Å²) in [5.74, 6) is -0.778. The monoisotopic (exact) mass is 315 g/mol. The van der Waals surface area contributed by atoms with Gasteiger partial charge in [-0.1, -0.05) is 0 Å². The van der Waals surface area contributed by atoms with Gasteiger partial charge in [0, 0.05) is 13.1 Å². The molecular weight excluding hydrogens is 293 g/mol. The first-order valence-corrected chi connectivity index (χ1v) is 6.08. The van der Waals surface area contributed by atoms with Crippen LogP contribution in [0.25, 0.3) is 0 Å². The number of halogens is 2. The average Bonchev–Trinajstić information content (AvgIpc) is 2.81. The minimum Gasteiger partial charge on any atom is -0.480 e. The van der Waals surface area contributed by atoms with Crippen molar-refractivity contribution in [3.05, 3.63) is 0 Å². The molecule has 0 aromatic heterocycles. The molecule has 1 aliphatic rings. The van der Waals surface area contributed by atoms with Gasteiger partial charge in [-0.3, -0.25) is 9.59 Å². The van der Waals surface area contributed by atoms with E-state index in [2.05, 4.69) is 10.6 Å². The molecule has 1 heterocycles. The number of carbonyl (C=O) groups is 2. The van der Waals surface area contributed by atoms with E-state index in [-0.39, 0.29) is 36.6 Å². The summed E-state index contributed by atoms with van der Waals surface area (Å²) in [6.07, 6.45) is 2.84. The predicted octanol–water partition coefficient (Wildman–Crippen LogP) is 0.138. The smallest absolute Gasteiger partial charge is 0.320 e. The molecule has 1 rings (SSSR count). The van der Waals surface area contributed by atoms with E-state index < -0.39 is 12.0 Å². The van der Waals surface area contributed by atoms with Crippen molar-refractivity contribution in [2.24, 2.45) is 11.7 Å². The molecule has 0 aromatic rings. The molecule has 19 heavy (non-hydrogen) atoms. The van der Waals surface area contributed by atoms with Crippen LogP contribution in [0.15, 0.2) is 0 Å². The number of carboxylic acids is 1. The maximum atomic E-state index is 11.6. The maximum absolute atomic E-state index is 11.6. The first-order valence-electron chi connectivity index (χ1n) is 6.08. The van der Waals surface area contributed by atoms with Crippen molar-refractivity contribution in [2.45, 2.75) is 31.7 Å². The number of hydrogen-bond donors (Lipinski definition) is 4. The molecule has 1 fully saturated rings. The van der Waals surface area contributed by atoms with Crippen molar-refractivity contribution in [3.63, 3.8) is 0 Å². The highest BCUT2D eigenvalue weighted by molar-refractivity contribution is 5.85. The van der Waals surface area contributed by atoms with Crippen LogP contribution in [0.1, 0.15) is 25.7 Å². The van der Waals surface area contributed by atoms with Crippen molar-refractivity contribution in [1.29, 1.82) is 0 Å². The number of unbranched alkanes of at least 4 members (excludes halogenated alkanes) is 1. The molecule has 6 nitrogen and oxygen atoms in total. The fraction of sp³-hybridized carbons (Fsp3) is 0.818. The summed E-state index contributed by atoms with van der Waals surface area (Å²) in [7, 11) is 0. The Morgan fingerprint density at radius 3 is 2.58 bits per heavy atom. The summed E-state index contributed by atoms with van der Waals surface area (Å²) in [5, 5.41) is 14.6. The molecule has 5 N–H and O–H groups in total. The van der Waals surface area contributed by atoms with Gasteiger partial charge < -0.3 is 21.5 Å². The maximum Gasteiger partial charge on any atom is 0.320 e. The Kier molecular flexibility index (Phi) is 12.3. The van der Waals surface area contributed by atoms with Crippen LogP contribution < -0.4 is 16.4 Å². The van der Waals surface area contributed by atoms with Gasteiger partial charge in [-0.25, -0.2) is 0 Å². The van der Waals surface area contributed by atoms with Gasteiger partial charge in [0.2, 0.25) is 5.91 Å². The van der Waals surface area contributed by atoms with E-state index in [0.717, 1.165) is 32.4 Å². The van der Waals surface area contributed by atoms with Crippen LogP contribution in [0, 0.1) is 5.92 Å². The lowest BCUT2D eigenvalue weighted by molar-refractivity contribution is -0.138. The van der Waals surface area contributed by atoms with Crippen LogP contribution in [0.3, 0.4) is 0 Å². The lowest BCUT2D eigenvalue weighted by atomic mass is 10.1. The highest BCUT2D eigenvalue weighted by atomic mass is 35.5. The van der Waals surface area contributed by atoms with Gasteiger partial charge in [0.15, 0.2) is 0 Å². The number of amides is 1. The molecule has 1 aliphatic heterocycles. The van der Waals surface area contributed by atoms with Gasteiger partial charge in [0.05, 0.1) is 5.92 Å². The summed E-state index contributed by atoms with van der Waals surface area (Å²) in [6, 6.07) is -0.787. The van der Waals surface area contributed by atoms with Crippen LogP contribution in [0.2, 0.25) is 0 Å². The number of nitrogens with two attached hydrogens (primary N) is 1. The second-order valence-electron chi connectivity index (χ2n) is 4.42. The molecule has 1 amide bonds. The number of nitrogens with one attached hydrogen (secondary N) is 2. The summed E-state index contributed by atoms with van der Waals surface area (Å²) in [6.45, 7) is 2.27. The molecule has 0 spiro atoms. The first-order chi connectivity index (χ1) is 8.11. The van der Waals surface area contributed by atoms with E-state index in [1.54, 1.807) is 0 Å². The lowest BCUT2D eigenvalue weighted by Gasteiger charge is -2.10. The minimum atomic E-state index is -0.967. The standard InChI is InChI=1S/C11H21N3O3.2ClH/c12-9(11(16)17)3-1-2-5-14-10(15)8-4-6-13-7-8;;/h8-9,13H,1-7,12H2,(H,14,15)(H,16,17);2*1H/t8-,9-;;/m0../s1. The second-order valence-corrected chi connectivity index (χ2v) is 4.42. The zero-order chi connectivity index (χ0) is 12.7. The Morgan fingerprint density at radius 2 is 2.05 bits per heavy atom. The van der Waals surface area contributed by atoms with E-state index in [1.165, 1.54) is 0 Å². The van der Waals surface area contributed by atoms with E-state index in [9.17, 15) is 9.59 Å². The van der Waals surface area contributed by atoms with Crippen LogP contribution in [0.5, 0.6) is 0 Å². The number of carboxylic acid groups (broad SMARTS) is 1. The average molecular weight is 316 g/mol. The number of rotatable bonds is 7. The van der Waals surface area contributed by atoms with Crippen molar-refractivity contribution in [2.75, 3.05) is 19.6 Å². The highest BCUT2D eigenvalue weighted by Gasteiger charge is 2.21. The van der Waals surface area contributed by atoms with Crippen molar-refractivity contribution >= 4 is 36.7 Å². The molecule has 0 saturated carbocycles. The fourth-order valence-corrected chi connectivity index (χ4v) is 1.85. The SMILES string of the molecule is Cl.Cl.N[C@@H](CCCCNC(=O)[C@H]1CCNC1)C(=O)O. The molecule has 0 aliphatic carbocycles. The zero-order valence-corrected chi connectivity index (χ0v) is 12.4. The molecule has 0 bridgehead atoms. The van der Waals surface area contributed by atoms with Gasteiger partial charge in [-0.05, 0) is 32.2 Å². The van der Waals surface area contributed by atoms with E-state index in [1.807, 2.05) is 0 Å². The molecular formula is C11H23Cl2N3O3. The van der Waals surface area contributed by atoms with E-state index in [0.29, 0.717) is 13.0 Å². The topological polar surface area (TPSA) is 104 Å². The molecule has 1 saturated heterocycles.